The Labute approximate surface area is 67.8 Å². The van der Waals surface area contributed by atoms with Gasteiger partial charge in [-0.05, 0) is 36.2 Å². The maximum Gasteiger partial charge on any atom is -0.00365 e. The predicted octanol–water partition coefficient (Wildman–Crippen LogP) is 2.93. The molecule has 0 aromatic rings. The van der Waals surface area contributed by atoms with E-state index in [-0.39, 0.29) is 0 Å². The van der Waals surface area contributed by atoms with Gasteiger partial charge in [-0.15, -0.1) is 0 Å². The summed E-state index contributed by atoms with van der Waals surface area (Å²) < 4.78 is 0. The van der Waals surface area contributed by atoms with Crippen molar-refractivity contribution in [3.8, 4) is 0 Å². The van der Waals surface area contributed by atoms with Crippen LogP contribution in [0.4, 0.5) is 0 Å². The number of rotatable bonds is 0. The summed E-state index contributed by atoms with van der Waals surface area (Å²) in [5.74, 6) is 5.17. The van der Waals surface area contributed by atoms with Crippen LogP contribution in [0.25, 0.3) is 0 Å². The molecule has 0 aromatic carbocycles. The molecule has 0 nitrogen and oxygen atoms in total. The molecule has 2 rings (SSSR count). The van der Waals surface area contributed by atoms with Crippen molar-refractivity contribution in [3.05, 3.63) is 0 Å². The number of hydrogen-bond donors (Lipinski definition) is 0. The second-order valence-corrected chi connectivity index (χ2v) is 4.82. The highest BCUT2D eigenvalue weighted by molar-refractivity contribution is 7.99. The van der Waals surface area contributed by atoms with Crippen LogP contribution in [0.1, 0.15) is 32.1 Å². The Hall–Kier alpha value is 0.350. The molecule has 2 fully saturated rings. The maximum atomic E-state index is 2.18. The van der Waals surface area contributed by atoms with Gasteiger partial charge in [0.05, 0.1) is 0 Å². The maximum absolute atomic E-state index is 2.18. The zero-order valence-corrected chi connectivity index (χ0v) is 7.33. The molecule has 0 amide bonds. The van der Waals surface area contributed by atoms with Gasteiger partial charge in [0.2, 0.25) is 0 Å². The number of thioether (sulfide) groups is 1. The van der Waals surface area contributed by atoms with Crippen LogP contribution in [0.2, 0.25) is 0 Å². The Morgan fingerprint density at radius 3 is 2.50 bits per heavy atom. The van der Waals surface area contributed by atoms with Gasteiger partial charge in [-0.3, -0.25) is 0 Å². The zero-order valence-electron chi connectivity index (χ0n) is 6.51. The quantitative estimate of drug-likeness (QED) is 0.519. The fraction of sp³-hybridized carbons (Fsp3) is 1.00. The summed E-state index contributed by atoms with van der Waals surface area (Å²) in [5.41, 5.74) is 0. The van der Waals surface area contributed by atoms with Crippen molar-refractivity contribution >= 4 is 11.8 Å². The highest BCUT2D eigenvalue weighted by atomic mass is 32.2. The molecule has 1 aliphatic carbocycles. The van der Waals surface area contributed by atoms with E-state index in [1.54, 1.807) is 6.42 Å². The van der Waals surface area contributed by atoms with Gasteiger partial charge in [-0.25, -0.2) is 0 Å². The lowest BCUT2D eigenvalue weighted by Crippen LogP contribution is -2.25. The van der Waals surface area contributed by atoms with Crippen LogP contribution < -0.4 is 0 Å². The largest absolute Gasteiger partial charge is 0.162 e. The first-order valence-corrected chi connectivity index (χ1v) is 5.70. The molecule has 1 aliphatic heterocycles. The molecule has 0 bridgehead atoms. The molecule has 2 atom stereocenters. The van der Waals surface area contributed by atoms with Crippen LogP contribution in [0.5, 0.6) is 0 Å². The van der Waals surface area contributed by atoms with Crippen molar-refractivity contribution in [2.24, 2.45) is 11.8 Å². The molecular formula is C9H16S. The Kier molecular flexibility index (Phi) is 2.22. The first kappa shape index (κ1) is 7.02. The number of hydrogen-bond acceptors (Lipinski definition) is 1. The van der Waals surface area contributed by atoms with E-state index >= 15 is 0 Å². The van der Waals surface area contributed by atoms with Crippen LogP contribution in [0.15, 0.2) is 0 Å². The summed E-state index contributed by atoms with van der Waals surface area (Å²) in [6.45, 7) is 0. The van der Waals surface area contributed by atoms with Crippen LogP contribution in [0.3, 0.4) is 0 Å². The van der Waals surface area contributed by atoms with Crippen molar-refractivity contribution in [2.75, 3.05) is 11.5 Å². The standard InChI is InChI=1S/C9H16S/c1-2-4-9-7-10-6-5-8(9)3-1/h8-9H,1-7H2/t8-,9+/m0/s1. The van der Waals surface area contributed by atoms with Gasteiger partial charge in [0, 0.05) is 0 Å². The molecule has 2 aliphatic rings. The van der Waals surface area contributed by atoms with E-state index in [1.807, 2.05) is 0 Å². The molecule has 0 aromatic heterocycles. The fourth-order valence-corrected chi connectivity index (χ4v) is 3.73. The van der Waals surface area contributed by atoms with E-state index in [4.69, 9.17) is 0 Å². The van der Waals surface area contributed by atoms with Gasteiger partial charge in [-0.2, -0.15) is 11.8 Å². The summed E-state index contributed by atoms with van der Waals surface area (Å²) in [6.07, 6.45) is 7.64. The average Bonchev–Trinajstić information content (AvgIpc) is 2.05. The minimum Gasteiger partial charge on any atom is -0.162 e. The van der Waals surface area contributed by atoms with Crippen molar-refractivity contribution in [1.82, 2.24) is 0 Å². The molecule has 0 N–H and O–H groups in total. The zero-order chi connectivity index (χ0) is 6.81. The second kappa shape index (κ2) is 3.17. The van der Waals surface area contributed by atoms with Gasteiger partial charge in [0.15, 0.2) is 0 Å². The lowest BCUT2D eigenvalue weighted by Gasteiger charge is -2.34. The molecule has 0 radical (unpaired) electrons. The molecule has 1 saturated heterocycles. The van der Waals surface area contributed by atoms with Gasteiger partial charge >= 0.3 is 0 Å². The van der Waals surface area contributed by atoms with Crippen molar-refractivity contribution in [2.45, 2.75) is 32.1 Å². The third-order valence-corrected chi connectivity index (χ3v) is 4.22. The van der Waals surface area contributed by atoms with E-state index in [9.17, 15) is 0 Å². The smallest absolute Gasteiger partial charge is 0.00365 e. The first-order chi connectivity index (χ1) is 4.97. The van der Waals surface area contributed by atoms with Gasteiger partial charge in [-0.1, -0.05) is 19.3 Å². The van der Waals surface area contributed by atoms with E-state index < -0.39 is 0 Å². The molecule has 1 saturated carbocycles. The molecule has 0 spiro atoms. The number of fused-ring (bicyclic) bond motifs is 1. The highest BCUT2D eigenvalue weighted by Gasteiger charge is 2.27. The average molecular weight is 156 g/mol. The van der Waals surface area contributed by atoms with Gasteiger partial charge < -0.3 is 0 Å². The molecule has 58 valence electrons. The molecule has 10 heavy (non-hydrogen) atoms. The first-order valence-electron chi connectivity index (χ1n) is 4.54. The summed E-state index contributed by atoms with van der Waals surface area (Å²) in [5, 5.41) is 0. The van der Waals surface area contributed by atoms with E-state index in [0.717, 1.165) is 11.8 Å². The summed E-state index contributed by atoms with van der Waals surface area (Å²) >= 11 is 2.18. The Morgan fingerprint density at radius 1 is 0.900 bits per heavy atom. The normalized spacial score (nSPS) is 40.8. The summed E-state index contributed by atoms with van der Waals surface area (Å²) in [4.78, 5) is 0. The monoisotopic (exact) mass is 156 g/mol. The predicted molar refractivity (Wildman–Crippen MR) is 47.4 cm³/mol. The fourth-order valence-electron chi connectivity index (χ4n) is 2.35. The Morgan fingerprint density at radius 2 is 1.70 bits per heavy atom. The summed E-state index contributed by atoms with van der Waals surface area (Å²) in [7, 11) is 0. The molecular weight excluding hydrogens is 140 g/mol. The van der Waals surface area contributed by atoms with Crippen molar-refractivity contribution in [1.29, 1.82) is 0 Å². The van der Waals surface area contributed by atoms with Crippen molar-refractivity contribution < 1.29 is 0 Å². The van der Waals surface area contributed by atoms with Crippen molar-refractivity contribution in [3.63, 3.8) is 0 Å². The van der Waals surface area contributed by atoms with Gasteiger partial charge in [0.25, 0.3) is 0 Å². The third-order valence-electron chi connectivity index (χ3n) is 3.03. The van der Waals surface area contributed by atoms with Crippen LogP contribution in [0, 0.1) is 11.8 Å². The summed E-state index contributed by atoms with van der Waals surface area (Å²) in [6, 6.07) is 0. The third kappa shape index (κ3) is 1.34. The molecule has 1 heteroatoms. The molecule has 1 heterocycles. The van der Waals surface area contributed by atoms with E-state index in [1.165, 1.54) is 37.2 Å². The van der Waals surface area contributed by atoms with Crippen LogP contribution in [-0.4, -0.2) is 11.5 Å². The highest BCUT2D eigenvalue weighted by Crippen LogP contribution is 2.38. The SMILES string of the molecule is C1CC[C@@H]2CSCC[C@@H]2C1. The lowest BCUT2D eigenvalue weighted by molar-refractivity contribution is 0.249. The Bertz CT molecular complexity index is 85.3. The van der Waals surface area contributed by atoms with Gasteiger partial charge in [0.1, 0.15) is 0 Å². The van der Waals surface area contributed by atoms with E-state index in [0.29, 0.717) is 0 Å². The van der Waals surface area contributed by atoms with E-state index in [2.05, 4.69) is 11.8 Å². The minimum atomic E-state index is 1.12. The topological polar surface area (TPSA) is 0 Å². The van der Waals surface area contributed by atoms with Crippen LogP contribution in [-0.2, 0) is 0 Å². The minimum absolute atomic E-state index is 1.12. The van der Waals surface area contributed by atoms with Crippen LogP contribution >= 0.6 is 11.8 Å². The second-order valence-electron chi connectivity index (χ2n) is 3.67. The lowest BCUT2D eigenvalue weighted by atomic mass is 9.79. The Balaban J connectivity index is 1.93. The molecule has 0 unspecified atom stereocenters.